The second-order valence-electron chi connectivity index (χ2n) is 6.33. The van der Waals surface area contributed by atoms with Crippen LogP contribution in [0.2, 0.25) is 0 Å². The Labute approximate surface area is 151 Å². The van der Waals surface area contributed by atoms with Gasteiger partial charge in [0.25, 0.3) is 0 Å². The largest absolute Gasteiger partial charge is 0.489 e. The second-order valence-corrected chi connectivity index (χ2v) is 6.33. The van der Waals surface area contributed by atoms with Crippen molar-refractivity contribution in [1.29, 1.82) is 0 Å². The van der Waals surface area contributed by atoms with Crippen molar-refractivity contribution in [3.8, 4) is 5.75 Å². The minimum atomic E-state index is -0.331. The molecule has 0 bridgehead atoms. The molecule has 2 heterocycles. The lowest BCUT2D eigenvalue weighted by Crippen LogP contribution is -2.01. The van der Waals surface area contributed by atoms with Gasteiger partial charge in [-0.1, -0.05) is 25.1 Å². The third kappa shape index (κ3) is 3.06. The number of nitrogens with zero attached hydrogens (tertiary/aromatic N) is 1. The van der Waals surface area contributed by atoms with Crippen LogP contribution in [-0.4, -0.2) is 4.98 Å². The molecule has 2 aromatic heterocycles. The molecule has 0 unspecified atom stereocenters. The SMILES string of the molecule is CCc1cc(=O)oc2cc(OCc3cc(C)nc4ccccc34)ccc12. The van der Waals surface area contributed by atoms with Crippen LogP contribution in [0.15, 0.2) is 63.8 Å². The normalized spacial score (nSPS) is 11.2. The lowest BCUT2D eigenvalue weighted by molar-refractivity contribution is 0.307. The van der Waals surface area contributed by atoms with Crippen LogP contribution < -0.4 is 10.4 Å². The number of hydrogen-bond donors (Lipinski definition) is 0. The third-order valence-corrected chi connectivity index (χ3v) is 4.51. The van der Waals surface area contributed by atoms with Crippen molar-refractivity contribution in [3.63, 3.8) is 0 Å². The van der Waals surface area contributed by atoms with Crippen molar-refractivity contribution in [2.24, 2.45) is 0 Å². The predicted molar refractivity (Wildman–Crippen MR) is 103 cm³/mol. The van der Waals surface area contributed by atoms with Gasteiger partial charge < -0.3 is 9.15 Å². The Kier molecular flexibility index (Phi) is 4.17. The van der Waals surface area contributed by atoms with E-state index in [1.165, 1.54) is 0 Å². The molecule has 4 nitrogen and oxygen atoms in total. The average molecular weight is 345 g/mol. The van der Waals surface area contributed by atoms with Crippen LogP contribution in [0.3, 0.4) is 0 Å². The molecule has 0 radical (unpaired) electrons. The van der Waals surface area contributed by atoms with E-state index in [0.29, 0.717) is 17.9 Å². The maximum absolute atomic E-state index is 11.7. The van der Waals surface area contributed by atoms with Gasteiger partial charge in [0.1, 0.15) is 17.9 Å². The highest BCUT2D eigenvalue weighted by molar-refractivity contribution is 5.83. The van der Waals surface area contributed by atoms with Crippen molar-refractivity contribution in [1.82, 2.24) is 4.98 Å². The Hall–Kier alpha value is -3.14. The molecule has 0 aliphatic carbocycles. The molecule has 4 heteroatoms. The number of aromatic nitrogens is 1. The van der Waals surface area contributed by atoms with Gasteiger partial charge in [-0.3, -0.25) is 4.98 Å². The van der Waals surface area contributed by atoms with Gasteiger partial charge >= 0.3 is 5.63 Å². The van der Waals surface area contributed by atoms with Crippen LogP contribution in [0.1, 0.15) is 23.7 Å². The van der Waals surface area contributed by atoms with Gasteiger partial charge in [-0.2, -0.15) is 0 Å². The highest BCUT2D eigenvalue weighted by Gasteiger charge is 2.08. The minimum Gasteiger partial charge on any atom is -0.489 e. The number of benzene rings is 2. The summed E-state index contributed by atoms with van der Waals surface area (Å²) in [5.41, 5.74) is 4.21. The highest BCUT2D eigenvalue weighted by atomic mass is 16.5. The fraction of sp³-hybridized carbons (Fsp3) is 0.182. The van der Waals surface area contributed by atoms with E-state index in [2.05, 4.69) is 4.98 Å². The summed E-state index contributed by atoms with van der Waals surface area (Å²) >= 11 is 0. The number of para-hydroxylation sites is 1. The predicted octanol–water partition coefficient (Wildman–Crippen LogP) is 4.79. The molecule has 26 heavy (non-hydrogen) atoms. The second kappa shape index (κ2) is 6.64. The summed E-state index contributed by atoms with van der Waals surface area (Å²) in [6.07, 6.45) is 0.782. The van der Waals surface area contributed by atoms with Crippen molar-refractivity contribution in [2.45, 2.75) is 26.9 Å². The molecule has 4 rings (SSSR count). The topological polar surface area (TPSA) is 52.3 Å². The van der Waals surface area contributed by atoms with E-state index in [1.807, 2.05) is 56.3 Å². The van der Waals surface area contributed by atoms with Gasteiger partial charge in [0, 0.05) is 34.2 Å². The van der Waals surface area contributed by atoms with Crippen LogP contribution in [0.4, 0.5) is 0 Å². The summed E-state index contributed by atoms with van der Waals surface area (Å²) in [6, 6.07) is 17.3. The monoisotopic (exact) mass is 345 g/mol. The van der Waals surface area contributed by atoms with E-state index in [9.17, 15) is 4.79 Å². The number of ether oxygens (including phenoxy) is 1. The molecule has 0 amide bonds. The molecular weight excluding hydrogens is 326 g/mol. The molecule has 130 valence electrons. The van der Waals surface area contributed by atoms with Gasteiger partial charge in [-0.15, -0.1) is 0 Å². The summed E-state index contributed by atoms with van der Waals surface area (Å²) in [7, 11) is 0. The summed E-state index contributed by atoms with van der Waals surface area (Å²) in [5, 5.41) is 2.03. The van der Waals surface area contributed by atoms with Gasteiger partial charge in [0.2, 0.25) is 0 Å². The molecule has 0 fully saturated rings. The Morgan fingerprint density at radius 3 is 2.69 bits per heavy atom. The zero-order valence-electron chi connectivity index (χ0n) is 14.8. The van der Waals surface area contributed by atoms with Crippen molar-refractivity contribution in [3.05, 3.63) is 81.8 Å². The molecule has 0 spiro atoms. The van der Waals surface area contributed by atoms with E-state index in [4.69, 9.17) is 9.15 Å². The molecule has 0 atom stereocenters. The third-order valence-electron chi connectivity index (χ3n) is 4.51. The lowest BCUT2D eigenvalue weighted by Gasteiger charge is -2.11. The number of aryl methyl sites for hydroxylation is 2. The maximum Gasteiger partial charge on any atom is 0.336 e. The Bertz CT molecular complexity index is 1160. The summed E-state index contributed by atoms with van der Waals surface area (Å²) in [5.74, 6) is 0.674. The average Bonchev–Trinajstić information content (AvgIpc) is 2.64. The van der Waals surface area contributed by atoms with Crippen molar-refractivity contribution in [2.75, 3.05) is 0 Å². The summed E-state index contributed by atoms with van der Waals surface area (Å²) in [6.45, 7) is 4.43. The van der Waals surface area contributed by atoms with E-state index in [0.717, 1.165) is 39.5 Å². The Morgan fingerprint density at radius 1 is 1.00 bits per heavy atom. The van der Waals surface area contributed by atoms with Crippen LogP contribution in [0, 0.1) is 6.92 Å². The standard InChI is InChI=1S/C22H19NO3/c1-3-15-11-22(24)26-21-12-17(8-9-19(15)21)25-13-16-10-14(2)23-20-7-5-4-6-18(16)20/h4-12H,3,13H2,1-2H3. The number of hydrogen-bond acceptors (Lipinski definition) is 4. The van der Waals surface area contributed by atoms with Crippen molar-refractivity contribution < 1.29 is 9.15 Å². The fourth-order valence-electron chi connectivity index (χ4n) is 3.27. The Morgan fingerprint density at radius 2 is 1.85 bits per heavy atom. The molecule has 0 aliphatic heterocycles. The maximum atomic E-state index is 11.7. The smallest absolute Gasteiger partial charge is 0.336 e. The number of fused-ring (bicyclic) bond motifs is 2. The fourth-order valence-corrected chi connectivity index (χ4v) is 3.27. The molecule has 2 aromatic carbocycles. The molecule has 0 saturated carbocycles. The summed E-state index contributed by atoms with van der Waals surface area (Å²) in [4.78, 5) is 16.3. The van der Waals surface area contributed by atoms with E-state index in [-0.39, 0.29) is 5.63 Å². The van der Waals surface area contributed by atoms with Crippen molar-refractivity contribution >= 4 is 21.9 Å². The van der Waals surface area contributed by atoms with Crippen LogP contribution in [-0.2, 0) is 13.0 Å². The number of pyridine rings is 1. The quantitative estimate of drug-likeness (QED) is 0.499. The minimum absolute atomic E-state index is 0.331. The molecular formula is C22H19NO3. The lowest BCUT2D eigenvalue weighted by atomic mass is 10.1. The van der Waals surface area contributed by atoms with Gasteiger partial charge in [-0.05, 0) is 43.2 Å². The van der Waals surface area contributed by atoms with E-state index in [1.54, 1.807) is 12.1 Å². The van der Waals surface area contributed by atoms with Gasteiger partial charge in [0.15, 0.2) is 0 Å². The number of rotatable bonds is 4. The zero-order valence-corrected chi connectivity index (χ0v) is 14.8. The first-order valence-electron chi connectivity index (χ1n) is 8.69. The van der Waals surface area contributed by atoms with E-state index < -0.39 is 0 Å². The van der Waals surface area contributed by atoms with Gasteiger partial charge in [0.05, 0.1) is 5.52 Å². The Balaban J connectivity index is 1.67. The first kappa shape index (κ1) is 16.3. The van der Waals surface area contributed by atoms with Gasteiger partial charge in [-0.25, -0.2) is 4.79 Å². The molecule has 4 aromatic rings. The first-order valence-corrected chi connectivity index (χ1v) is 8.69. The molecule has 0 saturated heterocycles. The first-order chi connectivity index (χ1) is 12.6. The van der Waals surface area contributed by atoms with E-state index >= 15 is 0 Å². The molecule has 0 aliphatic rings. The van der Waals surface area contributed by atoms with Crippen LogP contribution in [0.5, 0.6) is 5.75 Å². The van der Waals surface area contributed by atoms with Crippen LogP contribution in [0.25, 0.3) is 21.9 Å². The van der Waals surface area contributed by atoms with Crippen LogP contribution >= 0.6 is 0 Å². The summed E-state index contributed by atoms with van der Waals surface area (Å²) < 4.78 is 11.3. The highest BCUT2D eigenvalue weighted by Crippen LogP contribution is 2.25. The molecule has 0 N–H and O–H groups in total. The zero-order chi connectivity index (χ0) is 18.1.